The van der Waals surface area contributed by atoms with E-state index in [2.05, 4.69) is 13.8 Å². The Morgan fingerprint density at radius 3 is 2.41 bits per heavy atom. The first-order chi connectivity index (χ1) is 8.09. The van der Waals surface area contributed by atoms with Gasteiger partial charge in [0.2, 0.25) is 0 Å². The predicted molar refractivity (Wildman–Crippen MR) is 67.1 cm³/mol. The molecule has 1 aliphatic rings. The van der Waals surface area contributed by atoms with Crippen molar-refractivity contribution < 1.29 is 9.53 Å². The fourth-order valence-corrected chi connectivity index (χ4v) is 2.09. The summed E-state index contributed by atoms with van der Waals surface area (Å²) in [5.74, 6) is 0.404. The highest BCUT2D eigenvalue weighted by Crippen LogP contribution is 2.20. The van der Waals surface area contributed by atoms with Crippen LogP contribution in [0.15, 0.2) is 24.3 Å². The van der Waals surface area contributed by atoms with Gasteiger partial charge in [0.1, 0.15) is 0 Å². The summed E-state index contributed by atoms with van der Waals surface area (Å²) in [6.45, 7) is 5.21. The topological polar surface area (TPSA) is 52.3 Å². The number of Topliss-reactive ketones (excluding diaryl/α,β-unsaturated/α-hetero) is 1. The van der Waals surface area contributed by atoms with Gasteiger partial charge in [0.05, 0.1) is 19.1 Å². The van der Waals surface area contributed by atoms with E-state index >= 15 is 0 Å². The van der Waals surface area contributed by atoms with E-state index in [0.29, 0.717) is 19.1 Å². The van der Waals surface area contributed by atoms with Gasteiger partial charge in [-0.25, -0.2) is 0 Å². The zero-order valence-corrected chi connectivity index (χ0v) is 10.3. The lowest BCUT2D eigenvalue weighted by molar-refractivity contribution is 0.0896. The van der Waals surface area contributed by atoms with Crippen LogP contribution in [0.25, 0.3) is 0 Å². The molecular weight excluding hydrogens is 214 g/mol. The van der Waals surface area contributed by atoms with Crippen LogP contribution in [-0.4, -0.2) is 25.0 Å². The molecule has 1 aliphatic heterocycles. The first-order valence-electron chi connectivity index (χ1n) is 6.07. The summed E-state index contributed by atoms with van der Waals surface area (Å²) >= 11 is 0. The molecule has 0 saturated carbocycles. The standard InChI is InChI=1S/C14H19NO2/c1-9(2)10-3-5-11(6-4-10)14(16)12-7-17-8-13(12)15/h3-6,9,12-13H,7-8,15H2,1-2H3. The van der Waals surface area contributed by atoms with Crippen molar-refractivity contribution in [2.45, 2.75) is 25.8 Å². The second-order valence-corrected chi connectivity index (χ2v) is 4.95. The van der Waals surface area contributed by atoms with Gasteiger partial charge in [-0.1, -0.05) is 38.1 Å². The molecule has 0 spiro atoms. The molecule has 0 bridgehead atoms. The molecule has 2 unspecified atom stereocenters. The highest BCUT2D eigenvalue weighted by atomic mass is 16.5. The lowest BCUT2D eigenvalue weighted by atomic mass is 9.92. The minimum Gasteiger partial charge on any atom is -0.379 e. The van der Waals surface area contributed by atoms with Crippen LogP contribution < -0.4 is 5.73 Å². The van der Waals surface area contributed by atoms with Gasteiger partial charge < -0.3 is 10.5 Å². The van der Waals surface area contributed by atoms with Crippen LogP contribution in [-0.2, 0) is 4.74 Å². The molecule has 3 heteroatoms. The number of ether oxygens (including phenoxy) is 1. The maximum Gasteiger partial charge on any atom is 0.169 e. The molecule has 0 aliphatic carbocycles. The quantitative estimate of drug-likeness (QED) is 0.812. The van der Waals surface area contributed by atoms with E-state index in [-0.39, 0.29) is 17.7 Å². The molecule has 1 aromatic rings. The molecule has 0 aromatic heterocycles. The molecule has 1 aromatic carbocycles. The fourth-order valence-electron chi connectivity index (χ4n) is 2.09. The maximum absolute atomic E-state index is 12.2. The Labute approximate surface area is 102 Å². The van der Waals surface area contributed by atoms with E-state index in [1.165, 1.54) is 5.56 Å². The zero-order valence-electron chi connectivity index (χ0n) is 10.3. The average molecular weight is 233 g/mol. The first kappa shape index (κ1) is 12.3. The summed E-state index contributed by atoms with van der Waals surface area (Å²) in [5.41, 5.74) is 7.83. The summed E-state index contributed by atoms with van der Waals surface area (Å²) in [5, 5.41) is 0. The van der Waals surface area contributed by atoms with Gasteiger partial charge in [-0.2, -0.15) is 0 Å². The van der Waals surface area contributed by atoms with Crippen LogP contribution in [0.1, 0.15) is 35.7 Å². The van der Waals surface area contributed by atoms with E-state index in [9.17, 15) is 4.79 Å². The largest absolute Gasteiger partial charge is 0.379 e. The third kappa shape index (κ3) is 2.56. The second-order valence-electron chi connectivity index (χ2n) is 4.95. The van der Waals surface area contributed by atoms with Crippen LogP contribution in [0.2, 0.25) is 0 Å². The number of rotatable bonds is 3. The summed E-state index contributed by atoms with van der Waals surface area (Å²) < 4.78 is 5.23. The minimum absolute atomic E-state index is 0.102. The highest BCUT2D eigenvalue weighted by Gasteiger charge is 2.31. The minimum atomic E-state index is -0.181. The van der Waals surface area contributed by atoms with Crippen molar-refractivity contribution in [3.8, 4) is 0 Å². The molecule has 0 amide bonds. The lowest BCUT2D eigenvalue weighted by Gasteiger charge is -2.12. The smallest absolute Gasteiger partial charge is 0.169 e. The number of ketones is 1. The molecule has 3 nitrogen and oxygen atoms in total. The number of carbonyl (C=O) groups is 1. The van der Waals surface area contributed by atoms with Gasteiger partial charge in [0.15, 0.2) is 5.78 Å². The van der Waals surface area contributed by atoms with Crippen molar-refractivity contribution >= 4 is 5.78 Å². The maximum atomic E-state index is 12.2. The molecule has 1 heterocycles. The number of hydrogen-bond acceptors (Lipinski definition) is 3. The van der Waals surface area contributed by atoms with E-state index in [4.69, 9.17) is 10.5 Å². The third-order valence-electron chi connectivity index (χ3n) is 3.32. The SMILES string of the molecule is CC(C)c1ccc(C(=O)C2COCC2N)cc1. The van der Waals surface area contributed by atoms with Crippen molar-refractivity contribution in [2.24, 2.45) is 11.7 Å². The van der Waals surface area contributed by atoms with E-state index in [1.807, 2.05) is 24.3 Å². The Hall–Kier alpha value is -1.19. The predicted octanol–water partition coefficient (Wildman–Crippen LogP) is 1.97. The number of benzene rings is 1. The molecule has 2 atom stereocenters. The Kier molecular flexibility index (Phi) is 3.60. The Bertz CT molecular complexity index is 397. The Balaban J connectivity index is 2.14. The molecule has 1 fully saturated rings. The van der Waals surface area contributed by atoms with Crippen LogP contribution in [0, 0.1) is 5.92 Å². The van der Waals surface area contributed by atoms with Crippen molar-refractivity contribution in [1.82, 2.24) is 0 Å². The van der Waals surface area contributed by atoms with Gasteiger partial charge in [0.25, 0.3) is 0 Å². The molecule has 2 rings (SSSR count). The average Bonchev–Trinajstić information content (AvgIpc) is 2.74. The number of carbonyl (C=O) groups excluding carboxylic acids is 1. The summed E-state index contributed by atoms with van der Waals surface area (Å²) in [6.07, 6.45) is 0. The van der Waals surface area contributed by atoms with Gasteiger partial charge in [-0.15, -0.1) is 0 Å². The molecular formula is C14H19NO2. The first-order valence-corrected chi connectivity index (χ1v) is 6.07. The molecule has 1 saturated heterocycles. The van der Waals surface area contributed by atoms with Crippen LogP contribution in [0.5, 0.6) is 0 Å². The van der Waals surface area contributed by atoms with Crippen molar-refractivity contribution in [1.29, 1.82) is 0 Å². The number of nitrogens with two attached hydrogens (primary N) is 1. The molecule has 0 radical (unpaired) electrons. The Morgan fingerprint density at radius 1 is 1.29 bits per heavy atom. The number of hydrogen-bond donors (Lipinski definition) is 1. The van der Waals surface area contributed by atoms with Gasteiger partial charge in [-0.3, -0.25) is 4.79 Å². The third-order valence-corrected chi connectivity index (χ3v) is 3.32. The van der Waals surface area contributed by atoms with E-state index in [0.717, 1.165) is 5.56 Å². The Morgan fingerprint density at radius 2 is 1.94 bits per heavy atom. The zero-order chi connectivity index (χ0) is 12.4. The van der Waals surface area contributed by atoms with Crippen molar-refractivity contribution in [2.75, 3.05) is 13.2 Å². The van der Waals surface area contributed by atoms with Gasteiger partial charge >= 0.3 is 0 Å². The highest BCUT2D eigenvalue weighted by molar-refractivity contribution is 5.98. The normalized spacial score (nSPS) is 24.2. The van der Waals surface area contributed by atoms with Crippen LogP contribution >= 0.6 is 0 Å². The fraction of sp³-hybridized carbons (Fsp3) is 0.500. The summed E-state index contributed by atoms with van der Waals surface area (Å²) in [6, 6.07) is 7.65. The second kappa shape index (κ2) is 4.98. The van der Waals surface area contributed by atoms with Crippen LogP contribution in [0.3, 0.4) is 0 Å². The molecule has 17 heavy (non-hydrogen) atoms. The van der Waals surface area contributed by atoms with E-state index in [1.54, 1.807) is 0 Å². The monoisotopic (exact) mass is 233 g/mol. The molecule has 2 N–H and O–H groups in total. The molecule has 92 valence electrons. The van der Waals surface area contributed by atoms with Crippen molar-refractivity contribution in [3.63, 3.8) is 0 Å². The van der Waals surface area contributed by atoms with Gasteiger partial charge in [0, 0.05) is 11.6 Å². The van der Waals surface area contributed by atoms with E-state index < -0.39 is 0 Å². The summed E-state index contributed by atoms with van der Waals surface area (Å²) in [4.78, 5) is 12.2. The summed E-state index contributed by atoms with van der Waals surface area (Å²) in [7, 11) is 0. The van der Waals surface area contributed by atoms with Gasteiger partial charge in [-0.05, 0) is 11.5 Å². The van der Waals surface area contributed by atoms with Crippen molar-refractivity contribution in [3.05, 3.63) is 35.4 Å². The lowest BCUT2D eigenvalue weighted by Crippen LogP contribution is -2.34. The van der Waals surface area contributed by atoms with Crippen LogP contribution in [0.4, 0.5) is 0 Å².